The van der Waals surface area contributed by atoms with E-state index in [0.717, 1.165) is 42.9 Å². The zero-order valence-corrected chi connectivity index (χ0v) is 24.2. The normalized spacial score (nSPS) is 20.1. The van der Waals surface area contributed by atoms with Crippen LogP contribution in [-0.2, 0) is 32.5 Å². The van der Waals surface area contributed by atoms with Crippen LogP contribution in [0.5, 0.6) is 0 Å². The number of nitrogens with zero attached hydrogens (tertiary/aromatic N) is 2. The molecular weight excluding hydrogens is 565 g/mol. The van der Waals surface area contributed by atoms with E-state index in [9.17, 15) is 19.5 Å². The van der Waals surface area contributed by atoms with Crippen LogP contribution < -0.4 is 5.32 Å². The number of fused-ring (bicyclic) bond motifs is 1. The topological polar surface area (TPSA) is 110 Å². The highest BCUT2D eigenvalue weighted by Crippen LogP contribution is 2.30. The van der Waals surface area contributed by atoms with Gasteiger partial charge in [0.2, 0.25) is 6.41 Å². The van der Waals surface area contributed by atoms with E-state index in [0.29, 0.717) is 31.2 Å². The van der Waals surface area contributed by atoms with Gasteiger partial charge in [-0.05, 0) is 62.3 Å². The van der Waals surface area contributed by atoms with Crippen molar-refractivity contribution in [1.82, 2.24) is 9.47 Å². The highest BCUT2D eigenvalue weighted by Gasteiger charge is 2.31. The largest absolute Gasteiger partial charge is 0.481 e. The molecular formula is C31H35ClFN3O6. The highest BCUT2D eigenvalue weighted by atomic mass is 35.5. The van der Waals surface area contributed by atoms with Gasteiger partial charge in [-0.3, -0.25) is 19.3 Å². The standard InChI is InChI=1S/C31H35ClFN3O6/c1-35-17-24(23-6-2-3-7-28(23)35)29(38)34-27-16-26(33)20(15-25(27)32)14-21(37)18-41-31(36-12-4-5-13-36)42-22-10-8-19(9-11-22)30(39)40/h2-3,6-7,15-17,19,22,31H,4-5,8-14,18H2,1H3,(H,34,38)(H,39,40). The van der Waals surface area contributed by atoms with Crippen LogP contribution >= 0.6 is 11.6 Å². The van der Waals surface area contributed by atoms with Gasteiger partial charge in [0, 0.05) is 43.7 Å². The molecule has 1 saturated heterocycles. The summed E-state index contributed by atoms with van der Waals surface area (Å²) < 4.78 is 29.0. The van der Waals surface area contributed by atoms with E-state index >= 15 is 4.39 Å². The average Bonchev–Trinajstić information content (AvgIpc) is 3.63. The molecule has 1 aromatic heterocycles. The van der Waals surface area contributed by atoms with Crippen LogP contribution in [0.3, 0.4) is 0 Å². The lowest BCUT2D eigenvalue weighted by Crippen LogP contribution is -2.42. The molecule has 0 spiro atoms. The maximum absolute atomic E-state index is 15.1. The molecule has 11 heteroatoms. The summed E-state index contributed by atoms with van der Waals surface area (Å²) in [6.45, 7) is 1.28. The lowest BCUT2D eigenvalue weighted by Gasteiger charge is -2.33. The summed E-state index contributed by atoms with van der Waals surface area (Å²) >= 11 is 6.40. The molecule has 0 bridgehead atoms. The number of rotatable bonds is 11. The smallest absolute Gasteiger partial charge is 0.306 e. The highest BCUT2D eigenvalue weighted by molar-refractivity contribution is 6.34. The SMILES string of the molecule is Cn1cc(C(=O)Nc2cc(F)c(CC(=O)COC(OC3CCC(C(=O)O)CC3)N3CCCC3)cc2Cl)c2ccccc21. The van der Waals surface area contributed by atoms with Crippen molar-refractivity contribution < 1.29 is 33.4 Å². The van der Waals surface area contributed by atoms with E-state index < -0.39 is 24.1 Å². The number of anilines is 1. The lowest BCUT2D eigenvalue weighted by molar-refractivity contribution is -0.243. The number of para-hydroxylation sites is 1. The monoisotopic (exact) mass is 599 g/mol. The fourth-order valence-corrected chi connectivity index (χ4v) is 5.99. The van der Waals surface area contributed by atoms with E-state index in [-0.39, 0.29) is 47.1 Å². The summed E-state index contributed by atoms with van der Waals surface area (Å²) in [6.07, 6.45) is 4.92. The molecule has 2 N–H and O–H groups in total. The number of amides is 1. The molecule has 2 fully saturated rings. The van der Waals surface area contributed by atoms with Crippen molar-refractivity contribution in [1.29, 1.82) is 0 Å². The van der Waals surface area contributed by atoms with Gasteiger partial charge in [0.25, 0.3) is 5.91 Å². The van der Waals surface area contributed by atoms with Crippen LogP contribution in [0.15, 0.2) is 42.6 Å². The Hall–Kier alpha value is -3.31. The molecule has 224 valence electrons. The van der Waals surface area contributed by atoms with Gasteiger partial charge in [-0.25, -0.2) is 4.39 Å². The van der Waals surface area contributed by atoms with Gasteiger partial charge in [-0.15, -0.1) is 0 Å². The van der Waals surface area contributed by atoms with Crippen LogP contribution in [0.4, 0.5) is 10.1 Å². The number of halogens is 2. The number of aromatic nitrogens is 1. The predicted octanol–water partition coefficient (Wildman–Crippen LogP) is 5.39. The maximum atomic E-state index is 15.1. The van der Waals surface area contributed by atoms with Crippen LogP contribution in [0, 0.1) is 11.7 Å². The van der Waals surface area contributed by atoms with E-state index in [1.165, 1.54) is 6.07 Å². The summed E-state index contributed by atoms with van der Waals surface area (Å²) in [5.41, 5.74) is 1.53. The Morgan fingerprint density at radius 2 is 1.83 bits per heavy atom. The quantitative estimate of drug-likeness (QED) is 0.284. The molecule has 1 saturated carbocycles. The number of ketones is 1. The molecule has 3 aromatic rings. The number of carbonyl (C=O) groups excluding carboxylic acids is 2. The number of ether oxygens (including phenoxy) is 2. The van der Waals surface area contributed by atoms with E-state index in [1.54, 1.807) is 6.20 Å². The first-order valence-corrected chi connectivity index (χ1v) is 14.7. The number of hydrogen-bond donors (Lipinski definition) is 2. The van der Waals surface area contributed by atoms with E-state index in [4.69, 9.17) is 21.1 Å². The third-order valence-electron chi connectivity index (χ3n) is 8.07. The summed E-state index contributed by atoms with van der Waals surface area (Å²) in [5, 5.41) is 12.8. The fourth-order valence-electron chi connectivity index (χ4n) is 5.75. The molecule has 2 aliphatic rings. The van der Waals surface area contributed by atoms with Gasteiger partial charge < -0.3 is 24.5 Å². The minimum Gasteiger partial charge on any atom is -0.481 e. The van der Waals surface area contributed by atoms with E-state index in [1.807, 2.05) is 40.8 Å². The molecule has 1 atom stereocenters. The average molecular weight is 600 g/mol. The molecule has 42 heavy (non-hydrogen) atoms. The maximum Gasteiger partial charge on any atom is 0.306 e. The first-order valence-electron chi connectivity index (χ1n) is 14.3. The second kappa shape index (κ2) is 13.3. The minimum absolute atomic E-state index is 0.0994. The Morgan fingerprint density at radius 3 is 2.55 bits per heavy atom. The first kappa shape index (κ1) is 30.2. The number of carboxylic acid groups (broad SMARTS) is 1. The molecule has 1 amide bonds. The molecule has 5 rings (SSSR count). The Labute approximate surface area is 248 Å². The van der Waals surface area contributed by atoms with Crippen molar-refractivity contribution in [2.45, 2.75) is 57.5 Å². The van der Waals surface area contributed by atoms with Crippen LogP contribution in [-0.4, -0.2) is 64.4 Å². The second-order valence-corrected chi connectivity index (χ2v) is 11.5. The second-order valence-electron chi connectivity index (χ2n) is 11.1. The molecule has 2 heterocycles. The number of Topliss-reactive ketones (excluding diaryl/α,β-unsaturated/α-hetero) is 1. The fraction of sp³-hybridized carbons (Fsp3) is 0.452. The lowest BCUT2D eigenvalue weighted by atomic mass is 9.87. The van der Waals surface area contributed by atoms with Crippen molar-refractivity contribution in [2.24, 2.45) is 13.0 Å². The van der Waals surface area contributed by atoms with Gasteiger partial charge >= 0.3 is 5.97 Å². The molecule has 0 radical (unpaired) electrons. The van der Waals surface area contributed by atoms with Crippen LogP contribution in [0.25, 0.3) is 10.9 Å². The number of nitrogens with one attached hydrogen (secondary N) is 1. The number of likely N-dealkylation sites (tertiary alicyclic amines) is 1. The number of carbonyl (C=O) groups is 3. The van der Waals surface area contributed by atoms with Gasteiger partial charge in [-0.2, -0.15) is 0 Å². The van der Waals surface area contributed by atoms with Crippen molar-refractivity contribution in [3.8, 4) is 0 Å². The zero-order chi connectivity index (χ0) is 29.8. The van der Waals surface area contributed by atoms with Gasteiger partial charge in [0.05, 0.1) is 28.3 Å². The summed E-state index contributed by atoms with van der Waals surface area (Å²) in [7, 11) is 1.84. The predicted molar refractivity (Wildman–Crippen MR) is 156 cm³/mol. The Morgan fingerprint density at radius 1 is 1.12 bits per heavy atom. The van der Waals surface area contributed by atoms with Crippen molar-refractivity contribution >= 4 is 45.9 Å². The minimum atomic E-state index is -0.779. The number of aryl methyl sites for hydroxylation is 1. The Kier molecular flexibility index (Phi) is 9.57. The Bertz CT molecular complexity index is 1460. The van der Waals surface area contributed by atoms with Crippen molar-refractivity contribution in [2.75, 3.05) is 25.0 Å². The molecule has 2 aromatic carbocycles. The van der Waals surface area contributed by atoms with Crippen LogP contribution in [0.1, 0.15) is 54.4 Å². The van der Waals surface area contributed by atoms with Crippen molar-refractivity contribution in [3.05, 3.63) is 64.6 Å². The number of carboxylic acids is 1. The number of hydrogen-bond acceptors (Lipinski definition) is 6. The van der Waals surface area contributed by atoms with Crippen molar-refractivity contribution in [3.63, 3.8) is 0 Å². The third-order valence-corrected chi connectivity index (χ3v) is 8.38. The summed E-state index contributed by atoms with van der Waals surface area (Å²) in [6, 6.07) is 9.94. The van der Waals surface area contributed by atoms with Gasteiger partial charge in [0.1, 0.15) is 12.4 Å². The summed E-state index contributed by atoms with van der Waals surface area (Å²) in [5.74, 6) is -2.56. The number of benzene rings is 2. The third kappa shape index (κ3) is 7.00. The molecule has 1 aliphatic heterocycles. The Balaban J connectivity index is 1.19. The zero-order valence-electron chi connectivity index (χ0n) is 23.5. The van der Waals surface area contributed by atoms with Gasteiger partial charge in [0.15, 0.2) is 5.78 Å². The summed E-state index contributed by atoms with van der Waals surface area (Å²) in [4.78, 5) is 39.1. The van der Waals surface area contributed by atoms with Crippen LogP contribution in [0.2, 0.25) is 5.02 Å². The first-order chi connectivity index (χ1) is 20.2. The van der Waals surface area contributed by atoms with E-state index in [2.05, 4.69) is 5.32 Å². The molecule has 1 unspecified atom stereocenters. The van der Waals surface area contributed by atoms with Gasteiger partial charge in [-0.1, -0.05) is 29.8 Å². The molecule has 1 aliphatic carbocycles. The number of aliphatic carboxylic acids is 1. The molecule has 9 nitrogen and oxygen atoms in total.